The van der Waals surface area contributed by atoms with Gasteiger partial charge in [-0.25, -0.2) is 4.79 Å². The number of aryl methyl sites for hydroxylation is 2. The van der Waals surface area contributed by atoms with Crippen LogP contribution in [0, 0.1) is 0 Å². The van der Waals surface area contributed by atoms with Crippen molar-refractivity contribution in [3.8, 4) is 11.5 Å². The van der Waals surface area contributed by atoms with Crippen molar-refractivity contribution in [1.82, 2.24) is 9.13 Å². The van der Waals surface area contributed by atoms with E-state index >= 15 is 0 Å². The first-order valence-electron chi connectivity index (χ1n) is 8.80. The molecule has 0 atom stereocenters. The van der Waals surface area contributed by atoms with E-state index in [1.807, 2.05) is 31.2 Å². The number of anilines is 1. The number of nitrogens with zero attached hydrogens (tertiary/aromatic N) is 2. The smallest absolute Gasteiger partial charge is 0.328 e. The van der Waals surface area contributed by atoms with Gasteiger partial charge in [0.15, 0.2) is 11.5 Å². The number of rotatable bonds is 7. The molecule has 1 aromatic heterocycles. The maximum atomic E-state index is 12.4. The minimum atomic E-state index is -0.180. The third-order valence-corrected chi connectivity index (χ3v) is 4.36. The highest BCUT2D eigenvalue weighted by atomic mass is 16.5. The monoisotopic (exact) mass is 369 g/mol. The third-order valence-electron chi connectivity index (χ3n) is 4.36. The van der Waals surface area contributed by atoms with Gasteiger partial charge >= 0.3 is 5.69 Å². The van der Waals surface area contributed by atoms with E-state index in [0.29, 0.717) is 30.3 Å². The van der Waals surface area contributed by atoms with Crippen molar-refractivity contribution in [2.24, 2.45) is 7.05 Å². The number of nitrogens with one attached hydrogen (secondary N) is 1. The van der Waals surface area contributed by atoms with E-state index in [4.69, 9.17) is 9.47 Å². The van der Waals surface area contributed by atoms with Gasteiger partial charge < -0.3 is 14.8 Å². The van der Waals surface area contributed by atoms with E-state index in [-0.39, 0.29) is 18.0 Å². The number of carbonyl (C=O) groups excluding carboxylic acids is 1. The number of amides is 1. The number of benzene rings is 2. The molecule has 0 spiro atoms. The van der Waals surface area contributed by atoms with Crippen molar-refractivity contribution in [1.29, 1.82) is 0 Å². The second-order valence-electron chi connectivity index (χ2n) is 6.08. The third kappa shape index (κ3) is 3.81. The molecular formula is C20H23N3O4. The van der Waals surface area contributed by atoms with Crippen molar-refractivity contribution in [3.05, 3.63) is 52.9 Å². The van der Waals surface area contributed by atoms with Crippen LogP contribution in [0.25, 0.3) is 11.0 Å². The molecular weight excluding hydrogens is 346 g/mol. The topological polar surface area (TPSA) is 74.5 Å². The van der Waals surface area contributed by atoms with Crippen LogP contribution in [0.4, 0.5) is 5.69 Å². The van der Waals surface area contributed by atoms with Crippen molar-refractivity contribution >= 4 is 22.6 Å². The van der Waals surface area contributed by atoms with Gasteiger partial charge in [-0.3, -0.25) is 13.9 Å². The summed E-state index contributed by atoms with van der Waals surface area (Å²) in [5.74, 6) is 1.00. The first-order valence-corrected chi connectivity index (χ1v) is 8.80. The average Bonchev–Trinajstić information content (AvgIpc) is 2.92. The van der Waals surface area contributed by atoms with Crippen molar-refractivity contribution in [2.45, 2.75) is 19.9 Å². The van der Waals surface area contributed by atoms with Gasteiger partial charge in [0.25, 0.3) is 0 Å². The Morgan fingerprint density at radius 3 is 2.56 bits per heavy atom. The largest absolute Gasteiger partial charge is 0.493 e. The normalized spacial score (nSPS) is 10.8. The van der Waals surface area contributed by atoms with Gasteiger partial charge in [0, 0.05) is 31.8 Å². The van der Waals surface area contributed by atoms with E-state index in [1.54, 1.807) is 41.5 Å². The number of imidazole rings is 1. The lowest BCUT2D eigenvalue weighted by Crippen LogP contribution is -2.24. The van der Waals surface area contributed by atoms with Gasteiger partial charge in [-0.15, -0.1) is 0 Å². The highest BCUT2D eigenvalue weighted by Gasteiger charge is 2.12. The average molecular weight is 369 g/mol. The molecule has 0 fully saturated rings. The molecule has 0 aliphatic heterocycles. The van der Waals surface area contributed by atoms with Gasteiger partial charge in [-0.1, -0.05) is 12.1 Å². The summed E-state index contributed by atoms with van der Waals surface area (Å²) in [5, 5.41) is 2.83. The van der Waals surface area contributed by atoms with Crippen LogP contribution in [0.2, 0.25) is 0 Å². The molecule has 1 amide bonds. The molecule has 1 N–H and O–H groups in total. The summed E-state index contributed by atoms with van der Waals surface area (Å²) in [6.07, 6.45) is 0.184. The van der Waals surface area contributed by atoms with Crippen molar-refractivity contribution in [3.63, 3.8) is 0 Å². The van der Waals surface area contributed by atoms with E-state index in [1.165, 1.54) is 0 Å². The van der Waals surface area contributed by atoms with Gasteiger partial charge in [-0.05, 0) is 31.2 Å². The SMILES string of the molecule is CCOc1ccc(NC(=O)CCn2c(=O)n(C)c3ccccc32)cc1OC. The van der Waals surface area contributed by atoms with Gasteiger partial charge in [-0.2, -0.15) is 0 Å². The Balaban J connectivity index is 1.71. The standard InChI is InChI=1S/C20H23N3O4/c1-4-27-17-10-9-14(13-18(17)26-3)21-19(24)11-12-23-16-8-6-5-7-15(16)22(2)20(23)25/h5-10,13H,4,11-12H2,1-3H3,(H,21,24). The molecule has 0 radical (unpaired) electrons. The van der Waals surface area contributed by atoms with Crippen LogP contribution in [-0.2, 0) is 18.4 Å². The molecule has 0 aliphatic carbocycles. The number of carbonyl (C=O) groups is 1. The number of para-hydroxylation sites is 2. The maximum Gasteiger partial charge on any atom is 0.328 e. The molecule has 2 aromatic carbocycles. The summed E-state index contributed by atoms with van der Waals surface area (Å²) in [7, 11) is 3.28. The Morgan fingerprint density at radius 2 is 1.85 bits per heavy atom. The second-order valence-corrected chi connectivity index (χ2v) is 6.08. The molecule has 0 unspecified atom stereocenters. The Kier molecular flexibility index (Phi) is 5.49. The van der Waals surface area contributed by atoms with Crippen LogP contribution >= 0.6 is 0 Å². The molecule has 142 valence electrons. The highest BCUT2D eigenvalue weighted by Crippen LogP contribution is 2.30. The zero-order chi connectivity index (χ0) is 19.4. The van der Waals surface area contributed by atoms with E-state index in [2.05, 4.69) is 5.32 Å². The Hall–Kier alpha value is -3.22. The van der Waals surface area contributed by atoms with Crippen LogP contribution in [0.3, 0.4) is 0 Å². The number of fused-ring (bicyclic) bond motifs is 1. The lowest BCUT2D eigenvalue weighted by Gasteiger charge is -2.12. The molecule has 1 heterocycles. The number of methoxy groups -OCH3 is 1. The number of ether oxygens (including phenoxy) is 2. The summed E-state index contributed by atoms with van der Waals surface area (Å²) >= 11 is 0. The fraction of sp³-hybridized carbons (Fsp3) is 0.300. The Labute approximate surface area is 157 Å². The van der Waals surface area contributed by atoms with Gasteiger partial charge in [0.05, 0.1) is 24.8 Å². The summed E-state index contributed by atoms with van der Waals surface area (Å²) in [6, 6.07) is 12.8. The molecule has 7 nitrogen and oxygen atoms in total. The molecule has 0 aliphatic rings. The second kappa shape index (κ2) is 7.99. The van der Waals surface area contributed by atoms with Crippen LogP contribution in [0.1, 0.15) is 13.3 Å². The quantitative estimate of drug-likeness (QED) is 0.695. The zero-order valence-corrected chi connectivity index (χ0v) is 15.7. The summed E-state index contributed by atoms with van der Waals surface area (Å²) < 4.78 is 14.0. The maximum absolute atomic E-state index is 12.4. The van der Waals surface area contributed by atoms with E-state index in [9.17, 15) is 9.59 Å². The van der Waals surface area contributed by atoms with E-state index < -0.39 is 0 Å². The predicted molar refractivity (Wildman–Crippen MR) is 105 cm³/mol. The molecule has 0 saturated heterocycles. The highest BCUT2D eigenvalue weighted by molar-refractivity contribution is 5.91. The van der Waals surface area contributed by atoms with Crippen LogP contribution < -0.4 is 20.5 Å². The number of hydrogen-bond acceptors (Lipinski definition) is 4. The first kappa shape index (κ1) is 18.6. The predicted octanol–water partition coefficient (Wildman–Crippen LogP) is 2.78. The van der Waals surface area contributed by atoms with Crippen LogP contribution in [0.5, 0.6) is 11.5 Å². The lowest BCUT2D eigenvalue weighted by molar-refractivity contribution is -0.116. The first-order chi connectivity index (χ1) is 13.0. The summed E-state index contributed by atoms with van der Waals surface area (Å²) in [6.45, 7) is 2.73. The number of aromatic nitrogens is 2. The molecule has 0 bridgehead atoms. The Morgan fingerprint density at radius 1 is 1.11 bits per heavy atom. The number of hydrogen-bond donors (Lipinski definition) is 1. The minimum Gasteiger partial charge on any atom is -0.493 e. The molecule has 7 heteroatoms. The molecule has 3 rings (SSSR count). The van der Waals surface area contributed by atoms with E-state index in [0.717, 1.165) is 11.0 Å². The minimum absolute atomic E-state index is 0.133. The summed E-state index contributed by atoms with van der Waals surface area (Å²) in [5.41, 5.74) is 2.15. The van der Waals surface area contributed by atoms with Crippen molar-refractivity contribution < 1.29 is 14.3 Å². The van der Waals surface area contributed by atoms with Crippen molar-refractivity contribution in [2.75, 3.05) is 19.0 Å². The molecule has 0 saturated carbocycles. The molecule has 27 heavy (non-hydrogen) atoms. The molecule has 3 aromatic rings. The van der Waals surface area contributed by atoms with Gasteiger partial charge in [0.1, 0.15) is 0 Å². The van der Waals surface area contributed by atoms with Gasteiger partial charge in [0.2, 0.25) is 5.91 Å². The fourth-order valence-electron chi connectivity index (χ4n) is 3.04. The van der Waals surface area contributed by atoms with Crippen LogP contribution in [0.15, 0.2) is 47.3 Å². The Bertz CT molecular complexity index is 1020. The summed E-state index contributed by atoms with van der Waals surface area (Å²) in [4.78, 5) is 24.8. The zero-order valence-electron chi connectivity index (χ0n) is 15.7. The van der Waals surface area contributed by atoms with Crippen LogP contribution in [-0.4, -0.2) is 28.8 Å². The lowest BCUT2D eigenvalue weighted by atomic mass is 10.2. The fourth-order valence-corrected chi connectivity index (χ4v) is 3.04.